The first-order valence-corrected chi connectivity index (χ1v) is 8.24. The molecule has 0 amide bonds. The first-order valence-electron chi connectivity index (χ1n) is 5.46. The third-order valence-corrected chi connectivity index (χ3v) is 5.83. The van der Waals surface area contributed by atoms with E-state index in [0.717, 1.165) is 25.1 Å². The third-order valence-electron chi connectivity index (χ3n) is 2.64. The second kappa shape index (κ2) is 6.59. The molecule has 1 atom stereocenters. The molecular weight excluding hydrogens is 415 g/mol. The van der Waals surface area contributed by atoms with Crippen molar-refractivity contribution in [3.05, 3.63) is 48.0 Å². The van der Waals surface area contributed by atoms with Gasteiger partial charge in [-0.3, -0.25) is 0 Å². The molecule has 1 N–H and O–H groups in total. The summed E-state index contributed by atoms with van der Waals surface area (Å²) in [6.45, 7) is 0. The highest BCUT2D eigenvalue weighted by Gasteiger charge is 2.14. The average Bonchev–Trinajstić information content (AvgIpc) is 2.70. The van der Waals surface area contributed by atoms with E-state index in [2.05, 4.69) is 31.9 Å². The van der Waals surface area contributed by atoms with Gasteiger partial charge in [-0.15, -0.1) is 11.3 Å². The highest BCUT2D eigenvalue weighted by molar-refractivity contribution is 9.11. The zero-order valence-electron chi connectivity index (χ0n) is 9.99. The van der Waals surface area contributed by atoms with Crippen LogP contribution in [0.15, 0.2) is 33.2 Å². The van der Waals surface area contributed by atoms with Crippen LogP contribution in [0.25, 0.3) is 0 Å². The Hall–Kier alpha value is -0.0700. The Balaban J connectivity index is 2.14. The van der Waals surface area contributed by atoms with E-state index in [-0.39, 0.29) is 0 Å². The Morgan fingerprint density at radius 3 is 2.58 bits per heavy atom. The van der Waals surface area contributed by atoms with Crippen molar-refractivity contribution in [3.8, 4) is 5.75 Å². The number of aliphatic hydroxyl groups excluding tert-OH is 1. The molecule has 0 spiro atoms. The number of hydrogen-bond donors (Lipinski definition) is 1. The standard InChI is InChI=1S/C13H11Br2ClO2S/c1-18-11-3-2-7(4-8(11)14)5-10(17)12-6-9(15)13(16)19-12/h2-4,6,10,17H,5H2,1H3. The molecule has 0 aliphatic rings. The van der Waals surface area contributed by atoms with Crippen molar-refractivity contribution in [2.24, 2.45) is 0 Å². The van der Waals surface area contributed by atoms with Gasteiger partial charge in [0.05, 0.1) is 17.7 Å². The van der Waals surface area contributed by atoms with Crippen LogP contribution in [0.2, 0.25) is 4.34 Å². The minimum absolute atomic E-state index is 0.534. The van der Waals surface area contributed by atoms with Crippen molar-refractivity contribution in [3.63, 3.8) is 0 Å². The number of halogens is 3. The predicted molar refractivity (Wildman–Crippen MR) is 86.4 cm³/mol. The van der Waals surface area contributed by atoms with E-state index in [0.29, 0.717) is 10.8 Å². The summed E-state index contributed by atoms with van der Waals surface area (Å²) in [4.78, 5) is 0.851. The van der Waals surface area contributed by atoms with Crippen LogP contribution in [0, 0.1) is 0 Å². The van der Waals surface area contributed by atoms with Crippen molar-refractivity contribution in [2.75, 3.05) is 7.11 Å². The monoisotopic (exact) mass is 424 g/mol. The van der Waals surface area contributed by atoms with Gasteiger partial charge in [0.1, 0.15) is 10.1 Å². The number of hydrogen-bond acceptors (Lipinski definition) is 3. The van der Waals surface area contributed by atoms with E-state index >= 15 is 0 Å². The van der Waals surface area contributed by atoms with Crippen LogP contribution in [0.1, 0.15) is 16.5 Å². The summed E-state index contributed by atoms with van der Waals surface area (Å²) in [6.07, 6.45) is -0.0274. The lowest BCUT2D eigenvalue weighted by Gasteiger charge is -2.10. The molecule has 0 aliphatic heterocycles. The second-order valence-corrected chi connectivity index (χ2v) is 7.35. The number of benzene rings is 1. The maximum absolute atomic E-state index is 10.2. The number of ether oxygens (including phenoxy) is 1. The topological polar surface area (TPSA) is 29.5 Å². The molecule has 2 nitrogen and oxygen atoms in total. The molecule has 102 valence electrons. The van der Waals surface area contributed by atoms with Crippen LogP contribution < -0.4 is 4.74 Å². The highest BCUT2D eigenvalue weighted by atomic mass is 79.9. The second-order valence-electron chi connectivity index (χ2n) is 3.96. The maximum Gasteiger partial charge on any atom is 0.133 e. The summed E-state index contributed by atoms with van der Waals surface area (Å²) in [5, 5.41) is 10.2. The fourth-order valence-corrected chi connectivity index (χ4v) is 4.00. The van der Waals surface area contributed by atoms with Gasteiger partial charge in [-0.2, -0.15) is 0 Å². The van der Waals surface area contributed by atoms with Gasteiger partial charge >= 0.3 is 0 Å². The Morgan fingerprint density at radius 1 is 1.32 bits per heavy atom. The van der Waals surface area contributed by atoms with Gasteiger partial charge in [0.25, 0.3) is 0 Å². The summed E-state index contributed by atoms with van der Waals surface area (Å²) in [7, 11) is 1.62. The third kappa shape index (κ3) is 3.73. The van der Waals surface area contributed by atoms with Crippen molar-refractivity contribution in [1.29, 1.82) is 0 Å². The molecule has 0 fully saturated rings. The van der Waals surface area contributed by atoms with Crippen LogP contribution in [0.3, 0.4) is 0 Å². The molecule has 1 aromatic carbocycles. The van der Waals surface area contributed by atoms with E-state index in [1.807, 2.05) is 24.3 Å². The zero-order valence-corrected chi connectivity index (χ0v) is 14.7. The highest BCUT2D eigenvalue weighted by Crippen LogP contribution is 2.36. The first-order chi connectivity index (χ1) is 9.01. The van der Waals surface area contributed by atoms with Crippen LogP contribution in [0.5, 0.6) is 5.75 Å². The fourth-order valence-electron chi connectivity index (χ4n) is 1.69. The molecule has 0 bridgehead atoms. The number of aliphatic hydroxyl groups is 1. The molecule has 2 rings (SSSR count). The maximum atomic E-state index is 10.2. The van der Waals surface area contributed by atoms with E-state index in [1.54, 1.807) is 7.11 Å². The molecule has 0 aliphatic carbocycles. The van der Waals surface area contributed by atoms with Gasteiger partial charge in [0, 0.05) is 15.8 Å². The normalized spacial score (nSPS) is 12.5. The zero-order chi connectivity index (χ0) is 14.0. The molecule has 6 heteroatoms. The quantitative estimate of drug-likeness (QED) is 0.727. The van der Waals surface area contributed by atoms with Crippen molar-refractivity contribution >= 4 is 54.8 Å². The van der Waals surface area contributed by atoms with Crippen molar-refractivity contribution < 1.29 is 9.84 Å². The summed E-state index contributed by atoms with van der Waals surface area (Å²) in [5.74, 6) is 0.778. The number of methoxy groups -OCH3 is 1. The SMILES string of the molecule is COc1ccc(CC(O)c2cc(Br)c(Cl)s2)cc1Br. The van der Waals surface area contributed by atoms with Crippen molar-refractivity contribution in [1.82, 2.24) is 0 Å². The molecule has 0 saturated carbocycles. The first kappa shape index (κ1) is 15.3. The number of rotatable bonds is 4. The Morgan fingerprint density at radius 2 is 2.05 bits per heavy atom. The molecule has 1 unspecified atom stereocenters. The molecule has 1 heterocycles. The minimum atomic E-state index is -0.561. The molecule has 1 aromatic heterocycles. The van der Waals surface area contributed by atoms with Gasteiger partial charge in [-0.05, 0) is 55.6 Å². The van der Waals surface area contributed by atoms with Gasteiger partial charge in [-0.1, -0.05) is 17.7 Å². The van der Waals surface area contributed by atoms with E-state index < -0.39 is 6.10 Å². The molecular formula is C13H11Br2ClO2S. The molecule has 0 saturated heterocycles. The molecule has 2 aromatic rings. The summed E-state index contributed by atoms with van der Waals surface area (Å²) >= 11 is 14.1. The summed E-state index contributed by atoms with van der Waals surface area (Å²) in [5.41, 5.74) is 1.03. The van der Waals surface area contributed by atoms with Gasteiger partial charge in [-0.25, -0.2) is 0 Å². The van der Waals surface area contributed by atoms with Crippen LogP contribution >= 0.6 is 54.8 Å². The van der Waals surface area contributed by atoms with E-state index in [1.165, 1.54) is 11.3 Å². The van der Waals surface area contributed by atoms with Crippen molar-refractivity contribution in [2.45, 2.75) is 12.5 Å². The molecule has 0 radical (unpaired) electrons. The van der Waals surface area contributed by atoms with Crippen LogP contribution in [-0.4, -0.2) is 12.2 Å². The molecule has 19 heavy (non-hydrogen) atoms. The lowest BCUT2D eigenvalue weighted by Crippen LogP contribution is -1.99. The predicted octanol–water partition coefficient (Wildman–Crippen LogP) is 5.21. The number of thiophene rings is 1. The van der Waals surface area contributed by atoms with E-state index in [4.69, 9.17) is 16.3 Å². The van der Waals surface area contributed by atoms with Gasteiger partial charge in [0.15, 0.2) is 0 Å². The Bertz CT molecular complexity index is 567. The summed E-state index contributed by atoms with van der Waals surface area (Å²) in [6, 6.07) is 7.63. The smallest absolute Gasteiger partial charge is 0.133 e. The van der Waals surface area contributed by atoms with Crippen LogP contribution in [0.4, 0.5) is 0 Å². The minimum Gasteiger partial charge on any atom is -0.496 e. The van der Waals surface area contributed by atoms with Crippen LogP contribution in [-0.2, 0) is 6.42 Å². The largest absolute Gasteiger partial charge is 0.496 e. The van der Waals surface area contributed by atoms with E-state index in [9.17, 15) is 5.11 Å². The Kier molecular flexibility index (Phi) is 5.31. The Labute approximate surface area is 137 Å². The average molecular weight is 427 g/mol. The lowest BCUT2D eigenvalue weighted by molar-refractivity contribution is 0.182. The fraction of sp³-hybridized carbons (Fsp3) is 0.231. The lowest BCUT2D eigenvalue weighted by atomic mass is 10.1. The van der Waals surface area contributed by atoms with Gasteiger partial charge < -0.3 is 9.84 Å². The summed E-state index contributed by atoms with van der Waals surface area (Å²) < 4.78 is 7.54. The van der Waals surface area contributed by atoms with Gasteiger partial charge in [0.2, 0.25) is 0 Å².